The number of aryl methyl sites for hydroxylation is 1. The lowest BCUT2D eigenvalue weighted by atomic mass is 10.1. The third-order valence-electron chi connectivity index (χ3n) is 2.72. The van der Waals surface area contributed by atoms with Crippen molar-refractivity contribution in [3.05, 3.63) is 59.7 Å². The highest BCUT2D eigenvalue weighted by molar-refractivity contribution is 5.35. The lowest BCUT2D eigenvalue weighted by molar-refractivity contribution is -0.137. The summed E-state index contributed by atoms with van der Waals surface area (Å²) in [5.41, 5.74) is 0.437. The van der Waals surface area contributed by atoms with Crippen LogP contribution in [0, 0.1) is 0 Å². The van der Waals surface area contributed by atoms with Gasteiger partial charge in [-0.1, -0.05) is 19.1 Å². The van der Waals surface area contributed by atoms with E-state index in [2.05, 4.69) is 0 Å². The van der Waals surface area contributed by atoms with Crippen LogP contribution in [-0.4, -0.2) is 0 Å². The quantitative estimate of drug-likeness (QED) is 0.754. The Balaban J connectivity index is 2.15. The van der Waals surface area contributed by atoms with Crippen LogP contribution >= 0.6 is 0 Å². The van der Waals surface area contributed by atoms with E-state index < -0.39 is 11.7 Å². The number of hydrogen-bond donors (Lipinski definition) is 0. The van der Waals surface area contributed by atoms with Crippen molar-refractivity contribution in [1.29, 1.82) is 0 Å². The summed E-state index contributed by atoms with van der Waals surface area (Å²) in [5.74, 6) is 1.01. The van der Waals surface area contributed by atoms with Crippen molar-refractivity contribution in [2.45, 2.75) is 19.5 Å². The summed E-state index contributed by atoms with van der Waals surface area (Å²) < 4.78 is 42.7. The first-order valence-electron chi connectivity index (χ1n) is 5.93. The molecule has 2 aromatic rings. The molecule has 0 N–H and O–H groups in total. The van der Waals surface area contributed by atoms with Crippen molar-refractivity contribution in [2.24, 2.45) is 0 Å². The maximum atomic E-state index is 12.4. The molecule has 0 aliphatic carbocycles. The fourth-order valence-corrected chi connectivity index (χ4v) is 1.68. The average Bonchev–Trinajstić information content (AvgIpc) is 2.38. The van der Waals surface area contributed by atoms with Gasteiger partial charge in [0, 0.05) is 0 Å². The first kappa shape index (κ1) is 13.5. The highest BCUT2D eigenvalue weighted by atomic mass is 19.4. The molecule has 2 rings (SSSR count). The molecular weight excluding hydrogens is 253 g/mol. The molecule has 0 aliphatic heterocycles. The number of ether oxygens (including phenoxy) is 1. The standard InChI is InChI=1S/C15H13F3O/c1-2-11-4-3-5-14(10-11)19-13-8-6-12(7-9-13)15(16,17)18/h3-10H,2H2,1H3. The van der Waals surface area contributed by atoms with Crippen molar-refractivity contribution in [3.8, 4) is 11.5 Å². The van der Waals surface area contributed by atoms with Crippen molar-refractivity contribution in [1.82, 2.24) is 0 Å². The van der Waals surface area contributed by atoms with Crippen molar-refractivity contribution in [3.63, 3.8) is 0 Å². The van der Waals surface area contributed by atoms with Gasteiger partial charge in [-0.2, -0.15) is 13.2 Å². The number of halogens is 3. The number of hydrogen-bond acceptors (Lipinski definition) is 1. The van der Waals surface area contributed by atoms with Gasteiger partial charge in [0.15, 0.2) is 0 Å². The van der Waals surface area contributed by atoms with Gasteiger partial charge >= 0.3 is 6.18 Å². The van der Waals surface area contributed by atoms with E-state index in [1.807, 2.05) is 25.1 Å². The second-order valence-electron chi connectivity index (χ2n) is 4.13. The Morgan fingerprint density at radius 2 is 1.63 bits per heavy atom. The Morgan fingerprint density at radius 1 is 0.947 bits per heavy atom. The summed E-state index contributed by atoms with van der Waals surface area (Å²) in [6, 6.07) is 12.1. The summed E-state index contributed by atoms with van der Waals surface area (Å²) in [5, 5.41) is 0. The molecule has 0 amide bonds. The maximum Gasteiger partial charge on any atom is 0.416 e. The lowest BCUT2D eigenvalue weighted by Crippen LogP contribution is -2.03. The Bertz CT molecular complexity index is 544. The third kappa shape index (κ3) is 3.50. The largest absolute Gasteiger partial charge is 0.457 e. The van der Waals surface area contributed by atoms with E-state index in [-0.39, 0.29) is 0 Å². The van der Waals surface area contributed by atoms with E-state index in [1.165, 1.54) is 12.1 Å². The maximum absolute atomic E-state index is 12.4. The van der Waals surface area contributed by atoms with Gasteiger partial charge in [-0.25, -0.2) is 0 Å². The van der Waals surface area contributed by atoms with Gasteiger partial charge in [0.1, 0.15) is 11.5 Å². The molecule has 4 heteroatoms. The molecule has 0 aromatic heterocycles. The molecule has 19 heavy (non-hydrogen) atoms. The topological polar surface area (TPSA) is 9.23 Å². The summed E-state index contributed by atoms with van der Waals surface area (Å²) in [6.07, 6.45) is -3.44. The van der Waals surface area contributed by atoms with E-state index >= 15 is 0 Å². The van der Waals surface area contributed by atoms with Crippen LogP contribution in [0.1, 0.15) is 18.1 Å². The van der Waals surface area contributed by atoms with Gasteiger partial charge in [0.05, 0.1) is 5.56 Å². The summed E-state index contributed by atoms with van der Waals surface area (Å²) in [4.78, 5) is 0. The summed E-state index contributed by atoms with van der Waals surface area (Å²) >= 11 is 0. The predicted molar refractivity (Wildman–Crippen MR) is 67.3 cm³/mol. The SMILES string of the molecule is CCc1cccc(Oc2ccc(C(F)(F)F)cc2)c1. The number of alkyl halides is 3. The zero-order valence-electron chi connectivity index (χ0n) is 10.4. The fourth-order valence-electron chi connectivity index (χ4n) is 1.68. The second kappa shape index (κ2) is 5.34. The predicted octanol–water partition coefficient (Wildman–Crippen LogP) is 5.06. The van der Waals surface area contributed by atoms with Crippen LogP contribution in [0.4, 0.5) is 13.2 Å². The molecule has 0 radical (unpaired) electrons. The molecule has 0 unspecified atom stereocenters. The molecule has 1 nitrogen and oxygen atoms in total. The van der Waals surface area contributed by atoms with Crippen LogP contribution in [-0.2, 0) is 12.6 Å². The highest BCUT2D eigenvalue weighted by Crippen LogP contribution is 2.31. The monoisotopic (exact) mass is 266 g/mol. The molecule has 0 saturated heterocycles. The van der Waals surface area contributed by atoms with Gasteiger partial charge in [-0.15, -0.1) is 0 Å². The van der Waals surface area contributed by atoms with Crippen LogP contribution in [0.25, 0.3) is 0 Å². The van der Waals surface area contributed by atoms with E-state index in [0.29, 0.717) is 11.5 Å². The first-order chi connectivity index (χ1) is 8.99. The minimum absolute atomic E-state index is 0.390. The Labute approximate surface area is 109 Å². The van der Waals surface area contributed by atoms with E-state index in [0.717, 1.165) is 24.1 Å². The molecule has 2 aromatic carbocycles. The van der Waals surface area contributed by atoms with Crippen LogP contribution in [0.3, 0.4) is 0 Å². The molecule has 0 heterocycles. The smallest absolute Gasteiger partial charge is 0.416 e. The molecule has 0 bridgehead atoms. The van der Waals surface area contributed by atoms with Crippen LogP contribution in [0.2, 0.25) is 0 Å². The molecular formula is C15H13F3O. The normalized spacial score (nSPS) is 11.4. The Kier molecular flexibility index (Phi) is 3.79. The van der Waals surface area contributed by atoms with Crippen molar-refractivity contribution < 1.29 is 17.9 Å². The Hall–Kier alpha value is -1.97. The number of rotatable bonds is 3. The van der Waals surface area contributed by atoms with E-state index in [4.69, 9.17) is 4.74 Å². The summed E-state index contributed by atoms with van der Waals surface area (Å²) in [7, 11) is 0. The molecule has 100 valence electrons. The minimum atomic E-state index is -4.32. The van der Waals surface area contributed by atoms with Crippen LogP contribution in [0.5, 0.6) is 11.5 Å². The van der Waals surface area contributed by atoms with Gasteiger partial charge in [0.2, 0.25) is 0 Å². The zero-order valence-corrected chi connectivity index (χ0v) is 10.4. The third-order valence-corrected chi connectivity index (χ3v) is 2.72. The van der Waals surface area contributed by atoms with Crippen molar-refractivity contribution in [2.75, 3.05) is 0 Å². The fraction of sp³-hybridized carbons (Fsp3) is 0.200. The van der Waals surface area contributed by atoms with Gasteiger partial charge in [0.25, 0.3) is 0 Å². The minimum Gasteiger partial charge on any atom is -0.457 e. The van der Waals surface area contributed by atoms with Gasteiger partial charge in [-0.05, 0) is 48.4 Å². The van der Waals surface area contributed by atoms with Crippen LogP contribution in [0.15, 0.2) is 48.5 Å². The average molecular weight is 266 g/mol. The van der Waals surface area contributed by atoms with Crippen LogP contribution < -0.4 is 4.74 Å². The zero-order chi connectivity index (χ0) is 13.9. The van der Waals surface area contributed by atoms with E-state index in [1.54, 1.807) is 6.07 Å². The van der Waals surface area contributed by atoms with Crippen molar-refractivity contribution >= 4 is 0 Å². The molecule has 0 aliphatic rings. The first-order valence-corrected chi connectivity index (χ1v) is 5.93. The Morgan fingerprint density at radius 3 is 2.21 bits per heavy atom. The van der Waals surface area contributed by atoms with Gasteiger partial charge in [-0.3, -0.25) is 0 Å². The molecule has 0 fully saturated rings. The summed E-state index contributed by atoms with van der Waals surface area (Å²) in [6.45, 7) is 2.03. The molecule has 0 saturated carbocycles. The van der Waals surface area contributed by atoms with Gasteiger partial charge < -0.3 is 4.74 Å². The molecule has 0 atom stereocenters. The highest BCUT2D eigenvalue weighted by Gasteiger charge is 2.30. The molecule has 0 spiro atoms. The van der Waals surface area contributed by atoms with E-state index in [9.17, 15) is 13.2 Å². The lowest BCUT2D eigenvalue weighted by Gasteiger charge is -2.09. The second-order valence-corrected chi connectivity index (χ2v) is 4.13. The number of benzene rings is 2.